The third-order valence-electron chi connectivity index (χ3n) is 3.13. The lowest BCUT2D eigenvalue weighted by Crippen LogP contribution is -2.36. The van der Waals surface area contributed by atoms with Crippen molar-refractivity contribution in [1.29, 1.82) is 0 Å². The number of carbonyl (C=O) groups excluding carboxylic acids is 1. The molecule has 2 amide bonds. The van der Waals surface area contributed by atoms with Crippen molar-refractivity contribution in [3.8, 4) is 0 Å². The van der Waals surface area contributed by atoms with Gasteiger partial charge in [0.1, 0.15) is 5.82 Å². The van der Waals surface area contributed by atoms with Crippen LogP contribution in [0.3, 0.4) is 0 Å². The number of nitrogens with one attached hydrogen (secondary N) is 2. The molecule has 1 aromatic heterocycles. The van der Waals surface area contributed by atoms with E-state index in [1.807, 2.05) is 36.5 Å². The quantitative estimate of drug-likeness (QED) is 0.864. The molecule has 0 aliphatic rings. The van der Waals surface area contributed by atoms with Gasteiger partial charge in [-0.1, -0.05) is 17.7 Å². The Kier molecular flexibility index (Phi) is 5.76. The van der Waals surface area contributed by atoms with E-state index in [-0.39, 0.29) is 17.1 Å². The van der Waals surface area contributed by atoms with Crippen LogP contribution in [0.4, 0.5) is 14.9 Å². The molecule has 0 fully saturated rings. The summed E-state index contributed by atoms with van der Waals surface area (Å²) in [6.45, 7) is 0.467. The Morgan fingerprint density at radius 2 is 2.18 bits per heavy atom. The molecule has 0 radical (unpaired) electrons. The molecule has 7 heteroatoms. The fourth-order valence-electron chi connectivity index (χ4n) is 1.96. The second kappa shape index (κ2) is 7.58. The molecule has 2 rings (SSSR count). The zero-order valence-corrected chi connectivity index (χ0v) is 13.8. The van der Waals surface area contributed by atoms with E-state index in [2.05, 4.69) is 10.6 Å². The van der Waals surface area contributed by atoms with Gasteiger partial charge < -0.3 is 15.5 Å². The summed E-state index contributed by atoms with van der Waals surface area (Å²) in [6, 6.07) is 7.81. The van der Waals surface area contributed by atoms with Crippen LogP contribution < -0.4 is 10.6 Å². The lowest BCUT2D eigenvalue weighted by molar-refractivity contribution is 0.244. The number of thiophene rings is 1. The van der Waals surface area contributed by atoms with Gasteiger partial charge in [0.2, 0.25) is 0 Å². The smallest absolute Gasteiger partial charge is 0.319 e. The highest BCUT2D eigenvalue weighted by atomic mass is 35.5. The van der Waals surface area contributed by atoms with Gasteiger partial charge in [-0.3, -0.25) is 0 Å². The molecule has 0 aliphatic heterocycles. The van der Waals surface area contributed by atoms with Crippen molar-refractivity contribution in [3.63, 3.8) is 0 Å². The number of benzene rings is 1. The average Bonchev–Trinajstić information content (AvgIpc) is 2.97. The Hall–Kier alpha value is -1.63. The molecule has 2 N–H and O–H groups in total. The standard InChI is InChI=1S/C15H17ClFN3OS/c1-20(2)13(14-4-3-7-22-14)9-18-15(21)19-10-5-6-12(17)11(16)8-10/h3-8,13H,9H2,1-2H3,(H2,18,19,21)/t13-/m0/s1. The molecule has 1 aromatic carbocycles. The first kappa shape index (κ1) is 16.7. The van der Waals surface area contributed by atoms with Gasteiger partial charge in [0.25, 0.3) is 0 Å². The van der Waals surface area contributed by atoms with Crippen molar-refractivity contribution in [2.75, 3.05) is 26.0 Å². The number of nitrogens with zero attached hydrogens (tertiary/aromatic N) is 1. The van der Waals surface area contributed by atoms with E-state index in [1.54, 1.807) is 11.3 Å². The van der Waals surface area contributed by atoms with Crippen LogP contribution in [-0.4, -0.2) is 31.6 Å². The number of amides is 2. The zero-order chi connectivity index (χ0) is 16.1. The third kappa shape index (κ3) is 4.43. The summed E-state index contributed by atoms with van der Waals surface area (Å²) in [6.07, 6.45) is 0. The predicted octanol–water partition coefficient (Wildman–Crippen LogP) is 3.97. The molecule has 2 aromatic rings. The zero-order valence-electron chi connectivity index (χ0n) is 12.3. The van der Waals surface area contributed by atoms with Gasteiger partial charge in [0, 0.05) is 17.1 Å². The van der Waals surface area contributed by atoms with E-state index >= 15 is 0 Å². The molecule has 0 aliphatic carbocycles. The van der Waals surface area contributed by atoms with Gasteiger partial charge in [-0.2, -0.15) is 0 Å². The Bertz CT molecular complexity index is 634. The number of carbonyl (C=O) groups is 1. The van der Waals surface area contributed by atoms with Crippen molar-refractivity contribution in [2.24, 2.45) is 0 Å². The Labute approximate surface area is 137 Å². The minimum atomic E-state index is -0.516. The highest BCUT2D eigenvalue weighted by Gasteiger charge is 2.16. The molecule has 0 spiro atoms. The van der Waals surface area contributed by atoms with Crippen molar-refractivity contribution in [3.05, 3.63) is 51.4 Å². The van der Waals surface area contributed by atoms with Crippen molar-refractivity contribution < 1.29 is 9.18 Å². The minimum absolute atomic E-state index is 0.0254. The van der Waals surface area contributed by atoms with Crippen LogP contribution in [0.5, 0.6) is 0 Å². The summed E-state index contributed by atoms with van der Waals surface area (Å²) in [4.78, 5) is 15.1. The second-order valence-electron chi connectivity index (χ2n) is 4.96. The van der Waals surface area contributed by atoms with Crippen molar-refractivity contribution in [1.82, 2.24) is 10.2 Å². The second-order valence-corrected chi connectivity index (χ2v) is 6.35. The Morgan fingerprint density at radius 3 is 2.77 bits per heavy atom. The molecule has 4 nitrogen and oxygen atoms in total. The molecular formula is C15H17ClFN3OS. The van der Waals surface area contributed by atoms with Gasteiger partial charge in [-0.25, -0.2) is 9.18 Å². The maximum absolute atomic E-state index is 13.1. The van der Waals surface area contributed by atoms with E-state index in [1.165, 1.54) is 23.1 Å². The van der Waals surface area contributed by atoms with Gasteiger partial charge >= 0.3 is 6.03 Å². The summed E-state index contributed by atoms with van der Waals surface area (Å²) in [5, 5.41) is 7.43. The normalized spacial score (nSPS) is 12.2. The van der Waals surface area contributed by atoms with E-state index in [9.17, 15) is 9.18 Å². The highest BCUT2D eigenvalue weighted by Crippen LogP contribution is 2.22. The lowest BCUT2D eigenvalue weighted by Gasteiger charge is -2.23. The molecule has 0 saturated heterocycles. The predicted molar refractivity (Wildman–Crippen MR) is 89.2 cm³/mol. The maximum Gasteiger partial charge on any atom is 0.319 e. The molecule has 0 bridgehead atoms. The summed E-state index contributed by atoms with van der Waals surface area (Å²) in [7, 11) is 3.92. The highest BCUT2D eigenvalue weighted by molar-refractivity contribution is 7.10. The number of halogens is 2. The Balaban J connectivity index is 1.92. The molecule has 0 saturated carbocycles. The number of urea groups is 1. The summed E-state index contributed by atoms with van der Waals surface area (Å²) in [5.41, 5.74) is 0.446. The van der Waals surface area contributed by atoms with Crippen LogP contribution in [0.1, 0.15) is 10.9 Å². The lowest BCUT2D eigenvalue weighted by atomic mass is 10.2. The third-order valence-corrected chi connectivity index (χ3v) is 4.39. The first-order chi connectivity index (χ1) is 10.5. The SMILES string of the molecule is CN(C)[C@@H](CNC(=O)Nc1ccc(F)c(Cl)c1)c1cccs1. The topological polar surface area (TPSA) is 44.4 Å². The molecular weight excluding hydrogens is 325 g/mol. The molecule has 118 valence electrons. The van der Waals surface area contributed by atoms with Gasteiger partial charge in [0.15, 0.2) is 0 Å². The summed E-state index contributed by atoms with van der Waals surface area (Å²) < 4.78 is 13.1. The first-order valence-corrected chi connectivity index (χ1v) is 7.93. The molecule has 1 atom stereocenters. The molecule has 22 heavy (non-hydrogen) atoms. The molecule has 1 heterocycles. The van der Waals surface area contributed by atoms with Crippen molar-refractivity contribution in [2.45, 2.75) is 6.04 Å². The molecule has 0 unspecified atom stereocenters. The van der Waals surface area contributed by atoms with Crippen LogP contribution in [0.25, 0.3) is 0 Å². The van der Waals surface area contributed by atoms with E-state index < -0.39 is 5.82 Å². The van der Waals surface area contributed by atoms with Gasteiger partial charge in [-0.15, -0.1) is 11.3 Å². The largest absolute Gasteiger partial charge is 0.336 e. The number of anilines is 1. The average molecular weight is 342 g/mol. The number of hydrogen-bond acceptors (Lipinski definition) is 3. The number of likely N-dealkylation sites (N-methyl/N-ethyl adjacent to an activating group) is 1. The summed E-state index contributed by atoms with van der Waals surface area (Å²) >= 11 is 7.33. The van der Waals surface area contributed by atoms with Crippen LogP contribution in [0, 0.1) is 5.82 Å². The summed E-state index contributed by atoms with van der Waals surface area (Å²) in [5.74, 6) is -0.516. The Morgan fingerprint density at radius 1 is 1.41 bits per heavy atom. The van der Waals surface area contributed by atoms with Gasteiger partial charge in [0.05, 0.1) is 11.1 Å². The van der Waals surface area contributed by atoms with E-state index in [4.69, 9.17) is 11.6 Å². The number of rotatable bonds is 5. The minimum Gasteiger partial charge on any atom is -0.336 e. The monoisotopic (exact) mass is 341 g/mol. The van der Waals surface area contributed by atoms with Crippen LogP contribution in [0.2, 0.25) is 5.02 Å². The van der Waals surface area contributed by atoms with Gasteiger partial charge in [-0.05, 0) is 43.7 Å². The fraction of sp³-hybridized carbons (Fsp3) is 0.267. The first-order valence-electron chi connectivity index (χ1n) is 6.67. The van der Waals surface area contributed by atoms with E-state index in [0.29, 0.717) is 12.2 Å². The van der Waals surface area contributed by atoms with Crippen LogP contribution in [-0.2, 0) is 0 Å². The fourth-order valence-corrected chi connectivity index (χ4v) is 3.06. The van der Waals surface area contributed by atoms with E-state index in [0.717, 1.165) is 0 Å². The maximum atomic E-state index is 13.1. The van der Waals surface area contributed by atoms with Crippen LogP contribution in [0.15, 0.2) is 35.7 Å². The number of hydrogen-bond donors (Lipinski definition) is 2. The van der Waals surface area contributed by atoms with Crippen LogP contribution >= 0.6 is 22.9 Å². The van der Waals surface area contributed by atoms with Crippen molar-refractivity contribution >= 4 is 34.7 Å².